The van der Waals surface area contributed by atoms with E-state index in [9.17, 15) is 4.79 Å². The lowest BCUT2D eigenvalue weighted by Gasteiger charge is -2.10. The second-order valence-corrected chi connectivity index (χ2v) is 5.70. The number of nitrogens with one attached hydrogen (secondary N) is 1. The van der Waals surface area contributed by atoms with Crippen molar-refractivity contribution in [1.29, 1.82) is 0 Å². The van der Waals surface area contributed by atoms with Gasteiger partial charge in [0, 0.05) is 12.6 Å². The Morgan fingerprint density at radius 3 is 2.54 bits per heavy atom. The zero-order valence-electron chi connectivity index (χ0n) is 14.2. The number of rotatable bonds is 8. The van der Waals surface area contributed by atoms with E-state index in [1.807, 2.05) is 54.6 Å². The van der Waals surface area contributed by atoms with Crippen LogP contribution in [0.1, 0.15) is 37.3 Å². The number of carbonyl (C=O) groups is 1. The summed E-state index contributed by atoms with van der Waals surface area (Å²) >= 11 is 0. The van der Waals surface area contributed by atoms with Crippen molar-refractivity contribution in [2.45, 2.75) is 32.6 Å². The fourth-order valence-corrected chi connectivity index (χ4v) is 2.19. The van der Waals surface area contributed by atoms with Crippen molar-refractivity contribution in [3.8, 4) is 5.75 Å². The first-order valence-corrected chi connectivity index (χ1v) is 8.26. The lowest BCUT2D eigenvalue weighted by Crippen LogP contribution is -2.24. The number of hydrazone groups is 1. The van der Waals surface area contributed by atoms with Gasteiger partial charge >= 0.3 is 0 Å². The first-order chi connectivity index (χ1) is 11.7. The van der Waals surface area contributed by atoms with Crippen LogP contribution in [-0.4, -0.2) is 18.7 Å². The van der Waals surface area contributed by atoms with E-state index in [-0.39, 0.29) is 12.5 Å². The van der Waals surface area contributed by atoms with Gasteiger partial charge in [0.2, 0.25) is 0 Å². The molecular formula is C20H24N2O2. The fourth-order valence-electron chi connectivity index (χ4n) is 2.19. The summed E-state index contributed by atoms with van der Waals surface area (Å²) in [6.07, 6.45) is 3.46. The monoisotopic (exact) mass is 324 g/mol. The summed E-state index contributed by atoms with van der Waals surface area (Å²) in [5.41, 5.74) is 4.89. The summed E-state index contributed by atoms with van der Waals surface area (Å²) in [6.45, 7) is 4.31. The molecule has 0 radical (unpaired) electrons. The third-order valence-corrected chi connectivity index (χ3v) is 3.88. The maximum Gasteiger partial charge on any atom is 0.277 e. The molecule has 0 saturated carbocycles. The van der Waals surface area contributed by atoms with Crippen LogP contribution in [0, 0.1) is 0 Å². The van der Waals surface area contributed by atoms with E-state index < -0.39 is 0 Å². The summed E-state index contributed by atoms with van der Waals surface area (Å²) in [5, 5.41) is 3.92. The summed E-state index contributed by atoms with van der Waals surface area (Å²) in [4.78, 5) is 11.7. The molecule has 0 spiro atoms. The quantitative estimate of drug-likeness (QED) is 0.591. The molecule has 1 N–H and O–H groups in total. The highest BCUT2D eigenvalue weighted by Crippen LogP contribution is 2.21. The molecule has 2 aromatic rings. The smallest absolute Gasteiger partial charge is 0.277 e. The Bertz CT molecular complexity index is 651. The van der Waals surface area contributed by atoms with Crippen LogP contribution >= 0.6 is 0 Å². The molecule has 1 atom stereocenters. The van der Waals surface area contributed by atoms with Gasteiger partial charge in [-0.1, -0.05) is 56.3 Å². The van der Waals surface area contributed by atoms with Gasteiger partial charge in [0.05, 0.1) is 0 Å². The van der Waals surface area contributed by atoms with Crippen LogP contribution in [0.4, 0.5) is 0 Å². The van der Waals surface area contributed by atoms with Gasteiger partial charge in [-0.2, -0.15) is 5.10 Å². The largest absolute Gasteiger partial charge is 0.484 e. The predicted octanol–water partition coefficient (Wildman–Crippen LogP) is 3.92. The van der Waals surface area contributed by atoms with Crippen LogP contribution in [-0.2, 0) is 11.2 Å². The van der Waals surface area contributed by atoms with Crippen LogP contribution in [0.15, 0.2) is 59.7 Å². The average Bonchev–Trinajstić information content (AvgIpc) is 2.64. The number of nitrogens with zero attached hydrogens (tertiary/aromatic N) is 1. The van der Waals surface area contributed by atoms with E-state index in [2.05, 4.69) is 24.4 Å². The molecule has 0 heterocycles. The first kappa shape index (κ1) is 17.7. The van der Waals surface area contributed by atoms with E-state index >= 15 is 0 Å². The van der Waals surface area contributed by atoms with Gasteiger partial charge in [0.1, 0.15) is 5.75 Å². The normalized spacial score (nSPS) is 12.1. The van der Waals surface area contributed by atoms with Gasteiger partial charge in [-0.15, -0.1) is 0 Å². The lowest BCUT2D eigenvalue weighted by atomic mass is 9.99. The third kappa shape index (κ3) is 5.88. The van der Waals surface area contributed by atoms with Crippen LogP contribution in [0.25, 0.3) is 0 Å². The Hall–Kier alpha value is -2.62. The maximum atomic E-state index is 11.7. The Balaban J connectivity index is 1.71. The molecule has 0 saturated heterocycles. The molecule has 4 nitrogen and oxygen atoms in total. The fraction of sp³-hybridized carbons (Fsp3) is 0.300. The zero-order chi connectivity index (χ0) is 17.2. The van der Waals surface area contributed by atoms with E-state index in [0.717, 1.165) is 12.0 Å². The summed E-state index contributed by atoms with van der Waals surface area (Å²) in [7, 11) is 0. The van der Waals surface area contributed by atoms with E-state index in [1.165, 1.54) is 5.56 Å². The van der Waals surface area contributed by atoms with Crippen molar-refractivity contribution >= 4 is 12.1 Å². The topological polar surface area (TPSA) is 50.7 Å². The molecule has 0 aromatic heterocycles. The van der Waals surface area contributed by atoms with Crippen molar-refractivity contribution in [1.82, 2.24) is 5.43 Å². The van der Waals surface area contributed by atoms with E-state index in [4.69, 9.17) is 4.74 Å². The average molecular weight is 324 g/mol. The molecule has 0 aliphatic carbocycles. The molecule has 4 heteroatoms. The molecule has 0 bridgehead atoms. The highest BCUT2D eigenvalue weighted by atomic mass is 16.5. The Labute approximate surface area is 143 Å². The minimum Gasteiger partial charge on any atom is -0.484 e. The number of benzene rings is 2. The molecule has 1 unspecified atom stereocenters. The highest BCUT2D eigenvalue weighted by Gasteiger charge is 2.04. The molecule has 0 fully saturated rings. The highest BCUT2D eigenvalue weighted by molar-refractivity contribution is 5.78. The third-order valence-electron chi connectivity index (χ3n) is 3.88. The SMILES string of the molecule is CCC(C)c1ccc(OCC(=O)N/N=C/Cc2ccccc2)cc1. The minimum absolute atomic E-state index is 0.0502. The van der Waals surface area contributed by atoms with Crippen LogP contribution in [0.5, 0.6) is 5.75 Å². The molecule has 2 rings (SSSR count). The Morgan fingerprint density at radius 1 is 1.17 bits per heavy atom. The maximum absolute atomic E-state index is 11.7. The predicted molar refractivity (Wildman–Crippen MR) is 97.4 cm³/mol. The van der Waals surface area contributed by atoms with E-state index in [1.54, 1.807) is 6.21 Å². The number of amides is 1. The molecule has 2 aromatic carbocycles. The molecule has 0 aliphatic heterocycles. The summed E-state index contributed by atoms with van der Waals surface area (Å²) in [5.74, 6) is 0.942. The molecular weight excluding hydrogens is 300 g/mol. The molecule has 1 amide bonds. The van der Waals surface area contributed by atoms with Gasteiger partial charge in [-0.05, 0) is 35.6 Å². The Kier molecular flexibility index (Phi) is 7.02. The first-order valence-electron chi connectivity index (χ1n) is 8.26. The number of ether oxygens (including phenoxy) is 1. The number of carbonyl (C=O) groups excluding carboxylic acids is 1. The van der Waals surface area contributed by atoms with Crippen LogP contribution in [0.2, 0.25) is 0 Å². The molecule has 126 valence electrons. The van der Waals surface area contributed by atoms with Crippen molar-refractivity contribution < 1.29 is 9.53 Å². The second kappa shape index (κ2) is 9.50. The molecule has 24 heavy (non-hydrogen) atoms. The number of hydrogen-bond donors (Lipinski definition) is 1. The van der Waals surface area contributed by atoms with Gasteiger partial charge in [0.25, 0.3) is 5.91 Å². The van der Waals surface area contributed by atoms with Gasteiger partial charge in [0.15, 0.2) is 6.61 Å². The minimum atomic E-state index is -0.273. The lowest BCUT2D eigenvalue weighted by molar-refractivity contribution is -0.123. The second-order valence-electron chi connectivity index (χ2n) is 5.70. The zero-order valence-corrected chi connectivity index (χ0v) is 14.2. The van der Waals surface area contributed by atoms with Crippen molar-refractivity contribution in [2.75, 3.05) is 6.61 Å². The van der Waals surface area contributed by atoms with Crippen molar-refractivity contribution in [2.24, 2.45) is 5.10 Å². The summed E-state index contributed by atoms with van der Waals surface area (Å²) < 4.78 is 5.47. The van der Waals surface area contributed by atoms with Crippen LogP contribution < -0.4 is 10.2 Å². The van der Waals surface area contributed by atoms with Crippen molar-refractivity contribution in [3.05, 3.63) is 65.7 Å². The van der Waals surface area contributed by atoms with E-state index in [0.29, 0.717) is 18.1 Å². The molecule has 0 aliphatic rings. The van der Waals surface area contributed by atoms with Gasteiger partial charge < -0.3 is 4.74 Å². The van der Waals surface area contributed by atoms with Gasteiger partial charge in [-0.3, -0.25) is 4.79 Å². The Morgan fingerprint density at radius 2 is 1.88 bits per heavy atom. The summed E-state index contributed by atoms with van der Waals surface area (Å²) in [6, 6.07) is 17.8. The van der Waals surface area contributed by atoms with Crippen LogP contribution in [0.3, 0.4) is 0 Å². The standard InChI is InChI=1S/C20H24N2O2/c1-3-16(2)18-9-11-19(12-10-18)24-15-20(23)22-21-14-13-17-7-5-4-6-8-17/h4-12,14,16H,3,13,15H2,1-2H3,(H,22,23)/b21-14+. The number of hydrogen-bond acceptors (Lipinski definition) is 3. The van der Waals surface area contributed by atoms with Crippen molar-refractivity contribution in [3.63, 3.8) is 0 Å². The van der Waals surface area contributed by atoms with Gasteiger partial charge in [-0.25, -0.2) is 5.43 Å².